The van der Waals surface area contributed by atoms with Crippen LogP contribution in [0, 0.1) is 0 Å². The molecule has 1 aromatic carbocycles. The van der Waals surface area contributed by atoms with E-state index in [0.29, 0.717) is 18.4 Å². The largest absolute Gasteiger partial charge is 0.340 e. The maximum atomic E-state index is 12.9. The standard InChI is InChI=1S/C23H30N4O/c28-23(19-26-14-9-22(18-26)21-5-2-1-3-6-21)27-13-4-12-25(15-16-27)17-20-7-10-24-11-8-20/h1-3,5-8,10-11,22H,4,9,12-19H2. The van der Waals surface area contributed by atoms with Crippen LogP contribution in [-0.2, 0) is 11.3 Å². The van der Waals surface area contributed by atoms with E-state index in [4.69, 9.17) is 0 Å². The first kappa shape index (κ1) is 19.1. The zero-order valence-corrected chi connectivity index (χ0v) is 16.5. The van der Waals surface area contributed by atoms with Crippen LogP contribution in [0.1, 0.15) is 29.9 Å². The molecule has 1 amide bonds. The van der Waals surface area contributed by atoms with Gasteiger partial charge in [-0.05, 0) is 48.6 Å². The van der Waals surface area contributed by atoms with E-state index in [2.05, 4.69) is 62.1 Å². The topological polar surface area (TPSA) is 39.7 Å². The molecule has 2 aliphatic heterocycles. The van der Waals surface area contributed by atoms with Crippen molar-refractivity contribution in [2.75, 3.05) is 45.8 Å². The Bertz CT molecular complexity index is 752. The molecule has 1 atom stereocenters. The van der Waals surface area contributed by atoms with Crippen molar-refractivity contribution in [2.24, 2.45) is 0 Å². The molecule has 0 spiro atoms. The third kappa shape index (κ3) is 4.97. The summed E-state index contributed by atoms with van der Waals surface area (Å²) in [5, 5.41) is 0. The van der Waals surface area contributed by atoms with Crippen LogP contribution in [0.4, 0.5) is 0 Å². The summed E-state index contributed by atoms with van der Waals surface area (Å²) in [4.78, 5) is 23.8. The number of pyridine rings is 1. The molecule has 0 radical (unpaired) electrons. The van der Waals surface area contributed by atoms with Crippen molar-refractivity contribution in [1.29, 1.82) is 0 Å². The van der Waals surface area contributed by atoms with Gasteiger partial charge in [0.1, 0.15) is 0 Å². The van der Waals surface area contributed by atoms with E-state index in [-0.39, 0.29) is 0 Å². The number of benzene rings is 1. The predicted molar refractivity (Wildman–Crippen MR) is 111 cm³/mol. The van der Waals surface area contributed by atoms with E-state index >= 15 is 0 Å². The molecule has 28 heavy (non-hydrogen) atoms. The summed E-state index contributed by atoms with van der Waals surface area (Å²) in [5.74, 6) is 0.855. The minimum absolute atomic E-state index is 0.291. The van der Waals surface area contributed by atoms with E-state index in [0.717, 1.165) is 58.7 Å². The zero-order chi connectivity index (χ0) is 19.2. The lowest BCUT2D eigenvalue weighted by Gasteiger charge is -2.24. The summed E-state index contributed by atoms with van der Waals surface area (Å²) in [6.07, 6.45) is 5.89. The van der Waals surface area contributed by atoms with Crippen LogP contribution in [0.15, 0.2) is 54.9 Å². The highest BCUT2D eigenvalue weighted by atomic mass is 16.2. The smallest absolute Gasteiger partial charge is 0.236 e. The molecular weight excluding hydrogens is 348 g/mol. The van der Waals surface area contributed by atoms with Crippen molar-refractivity contribution in [2.45, 2.75) is 25.3 Å². The van der Waals surface area contributed by atoms with Crippen LogP contribution >= 0.6 is 0 Å². The molecule has 1 aromatic heterocycles. The minimum Gasteiger partial charge on any atom is -0.340 e. The maximum absolute atomic E-state index is 12.9. The molecule has 2 aliphatic rings. The summed E-state index contributed by atoms with van der Waals surface area (Å²) < 4.78 is 0. The summed E-state index contributed by atoms with van der Waals surface area (Å²) in [6.45, 7) is 7.22. The first-order chi connectivity index (χ1) is 13.8. The van der Waals surface area contributed by atoms with Gasteiger partial charge in [-0.2, -0.15) is 0 Å². The fraction of sp³-hybridized carbons (Fsp3) is 0.478. The summed E-state index contributed by atoms with van der Waals surface area (Å²) >= 11 is 0. The molecule has 2 aromatic rings. The maximum Gasteiger partial charge on any atom is 0.236 e. The van der Waals surface area contributed by atoms with Gasteiger partial charge in [-0.25, -0.2) is 0 Å². The average molecular weight is 379 g/mol. The van der Waals surface area contributed by atoms with Gasteiger partial charge in [0.15, 0.2) is 0 Å². The van der Waals surface area contributed by atoms with Crippen molar-refractivity contribution < 1.29 is 4.79 Å². The molecule has 5 heteroatoms. The number of likely N-dealkylation sites (tertiary alicyclic amines) is 1. The monoisotopic (exact) mass is 378 g/mol. The molecule has 1 unspecified atom stereocenters. The fourth-order valence-corrected chi connectivity index (χ4v) is 4.39. The van der Waals surface area contributed by atoms with Gasteiger partial charge in [0.2, 0.25) is 5.91 Å². The fourth-order valence-electron chi connectivity index (χ4n) is 4.39. The molecule has 148 valence electrons. The highest BCUT2D eigenvalue weighted by Crippen LogP contribution is 2.26. The van der Waals surface area contributed by atoms with Crippen molar-refractivity contribution in [3.63, 3.8) is 0 Å². The van der Waals surface area contributed by atoms with Crippen LogP contribution in [0.2, 0.25) is 0 Å². The highest BCUT2D eigenvalue weighted by molar-refractivity contribution is 5.78. The molecule has 0 N–H and O–H groups in total. The Labute approximate surface area is 168 Å². The number of rotatable bonds is 5. The second kappa shape index (κ2) is 9.30. The van der Waals surface area contributed by atoms with Gasteiger partial charge in [0.25, 0.3) is 0 Å². The number of carbonyl (C=O) groups is 1. The van der Waals surface area contributed by atoms with Crippen LogP contribution < -0.4 is 0 Å². The Hall–Kier alpha value is -2.24. The normalized spacial score (nSPS) is 21.6. The number of nitrogens with zero attached hydrogens (tertiary/aromatic N) is 4. The van der Waals surface area contributed by atoms with Crippen LogP contribution in [-0.4, -0.2) is 71.4 Å². The summed E-state index contributed by atoms with van der Waals surface area (Å²) in [7, 11) is 0. The Morgan fingerprint density at radius 1 is 0.929 bits per heavy atom. The van der Waals surface area contributed by atoms with E-state index in [9.17, 15) is 4.79 Å². The van der Waals surface area contributed by atoms with Gasteiger partial charge in [-0.1, -0.05) is 30.3 Å². The molecule has 2 saturated heterocycles. The molecular formula is C23H30N4O. The van der Waals surface area contributed by atoms with Crippen molar-refractivity contribution in [3.8, 4) is 0 Å². The predicted octanol–water partition coefficient (Wildman–Crippen LogP) is 2.61. The quantitative estimate of drug-likeness (QED) is 0.802. The summed E-state index contributed by atoms with van der Waals surface area (Å²) in [6, 6.07) is 14.9. The van der Waals surface area contributed by atoms with Gasteiger partial charge in [-0.15, -0.1) is 0 Å². The first-order valence-electron chi connectivity index (χ1n) is 10.4. The van der Waals surface area contributed by atoms with Gasteiger partial charge < -0.3 is 4.90 Å². The number of aromatic nitrogens is 1. The van der Waals surface area contributed by atoms with Gasteiger partial charge in [0.05, 0.1) is 6.54 Å². The van der Waals surface area contributed by atoms with Crippen LogP contribution in [0.5, 0.6) is 0 Å². The van der Waals surface area contributed by atoms with Crippen LogP contribution in [0.3, 0.4) is 0 Å². The molecule has 5 nitrogen and oxygen atoms in total. The van der Waals surface area contributed by atoms with E-state index in [1.165, 1.54) is 11.1 Å². The lowest BCUT2D eigenvalue weighted by atomic mass is 9.99. The van der Waals surface area contributed by atoms with Gasteiger partial charge >= 0.3 is 0 Å². The van der Waals surface area contributed by atoms with Crippen molar-refractivity contribution in [1.82, 2.24) is 19.7 Å². The minimum atomic E-state index is 0.291. The second-order valence-electron chi connectivity index (χ2n) is 8.00. The third-order valence-corrected chi connectivity index (χ3v) is 6.00. The Kier molecular flexibility index (Phi) is 6.34. The molecule has 0 bridgehead atoms. The Morgan fingerprint density at radius 2 is 1.75 bits per heavy atom. The van der Waals surface area contributed by atoms with Crippen LogP contribution in [0.25, 0.3) is 0 Å². The molecule has 3 heterocycles. The SMILES string of the molecule is O=C(CN1CCC(c2ccccc2)C1)N1CCCN(Cc2ccncc2)CC1. The van der Waals surface area contributed by atoms with E-state index < -0.39 is 0 Å². The number of carbonyl (C=O) groups excluding carboxylic acids is 1. The lowest BCUT2D eigenvalue weighted by molar-refractivity contribution is -0.132. The van der Waals surface area contributed by atoms with E-state index in [1.807, 2.05) is 12.4 Å². The van der Waals surface area contributed by atoms with Crippen molar-refractivity contribution >= 4 is 5.91 Å². The summed E-state index contributed by atoms with van der Waals surface area (Å²) in [5.41, 5.74) is 2.69. The Morgan fingerprint density at radius 3 is 2.57 bits per heavy atom. The average Bonchev–Trinajstić information content (AvgIpc) is 3.07. The Balaban J connectivity index is 1.25. The number of hydrogen-bond acceptors (Lipinski definition) is 4. The van der Waals surface area contributed by atoms with Gasteiger partial charge in [-0.3, -0.25) is 19.6 Å². The molecule has 2 fully saturated rings. The number of amides is 1. The molecule has 0 saturated carbocycles. The number of hydrogen-bond donors (Lipinski definition) is 0. The lowest BCUT2D eigenvalue weighted by Crippen LogP contribution is -2.41. The van der Waals surface area contributed by atoms with Gasteiger partial charge in [0, 0.05) is 51.7 Å². The second-order valence-corrected chi connectivity index (χ2v) is 8.00. The third-order valence-electron chi connectivity index (χ3n) is 6.00. The molecule has 0 aliphatic carbocycles. The van der Waals surface area contributed by atoms with Crippen molar-refractivity contribution in [3.05, 3.63) is 66.0 Å². The zero-order valence-electron chi connectivity index (χ0n) is 16.5. The van der Waals surface area contributed by atoms with E-state index in [1.54, 1.807) is 0 Å². The first-order valence-corrected chi connectivity index (χ1v) is 10.4. The molecule has 4 rings (SSSR count). The highest BCUT2D eigenvalue weighted by Gasteiger charge is 2.27.